The molecule has 0 aliphatic carbocycles. The maximum atomic E-state index is 12.8. The van der Waals surface area contributed by atoms with Gasteiger partial charge in [-0.3, -0.25) is 4.79 Å². The zero-order valence-electron chi connectivity index (χ0n) is 15.9. The number of rotatable bonds is 9. The van der Waals surface area contributed by atoms with E-state index in [-0.39, 0.29) is 10.8 Å². The minimum atomic E-state index is -3.60. The van der Waals surface area contributed by atoms with Crippen LogP contribution in [0.3, 0.4) is 0 Å². The normalized spacial score (nSPS) is 14.8. The molecule has 0 spiro atoms. The van der Waals surface area contributed by atoms with E-state index in [1.165, 1.54) is 10.4 Å². The number of hydrogen-bond donors (Lipinski definition) is 2. The van der Waals surface area contributed by atoms with Gasteiger partial charge in [0.05, 0.1) is 10.5 Å². The number of carbonyl (C=O) groups is 1. The van der Waals surface area contributed by atoms with Crippen molar-refractivity contribution in [2.24, 2.45) is 0 Å². The Bertz CT molecular complexity index is 711. The Labute approximate surface area is 156 Å². The summed E-state index contributed by atoms with van der Waals surface area (Å²) in [6, 6.07) is 4.91. The van der Waals surface area contributed by atoms with Crippen LogP contribution in [-0.4, -0.2) is 64.9 Å². The first-order valence-electron chi connectivity index (χ1n) is 9.27. The van der Waals surface area contributed by atoms with Gasteiger partial charge in [-0.1, -0.05) is 13.8 Å². The molecule has 8 heteroatoms. The maximum absolute atomic E-state index is 12.8. The van der Waals surface area contributed by atoms with E-state index in [0.29, 0.717) is 31.7 Å². The van der Waals surface area contributed by atoms with Crippen LogP contribution in [0.4, 0.5) is 5.69 Å². The number of amides is 1. The topological polar surface area (TPSA) is 81.8 Å². The van der Waals surface area contributed by atoms with Gasteiger partial charge in [-0.2, -0.15) is 4.31 Å². The van der Waals surface area contributed by atoms with Crippen molar-refractivity contribution in [2.45, 2.75) is 31.6 Å². The average molecular weight is 383 g/mol. The van der Waals surface area contributed by atoms with Gasteiger partial charge < -0.3 is 15.5 Å². The van der Waals surface area contributed by atoms with Crippen molar-refractivity contribution in [1.82, 2.24) is 14.9 Å². The van der Waals surface area contributed by atoms with E-state index in [9.17, 15) is 13.2 Å². The van der Waals surface area contributed by atoms with Crippen molar-refractivity contribution in [3.63, 3.8) is 0 Å². The third-order valence-corrected chi connectivity index (χ3v) is 6.71. The number of benzene rings is 1. The van der Waals surface area contributed by atoms with Crippen LogP contribution in [-0.2, 0) is 10.0 Å². The lowest BCUT2D eigenvalue weighted by atomic mass is 10.1. The molecule has 26 heavy (non-hydrogen) atoms. The molecule has 1 aromatic carbocycles. The van der Waals surface area contributed by atoms with Crippen LogP contribution in [0.2, 0.25) is 0 Å². The molecule has 1 heterocycles. The van der Waals surface area contributed by atoms with Crippen molar-refractivity contribution in [3.8, 4) is 0 Å². The Morgan fingerprint density at radius 3 is 2.38 bits per heavy atom. The lowest BCUT2D eigenvalue weighted by molar-refractivity contribution is 0.0954. The largest absolute Gasteiger partial charge is 0.371 e. The minimum absolute atomic E-state index is 0.169. The molecule has 2 N–H and O–H groups in total. The molecule has 1 amide bonds. The highest BCUT2D eigenvalue weighted by Crippen LogP contribution is 2.28. The molecule has 0 unspecified atom stereocenters. The van der Waals surface area contributed by atoms with Gasteiger partial charge in [0.2, 0.25) is 10.0 Å². The summed E-state index contributed by atoms with van der Waals surface area (Å²) in [6.45, 7) is 7.34. The maximum Gasteiger partial charge on any atom is 0.253 e. The van der Waals surface area contributed by atoms with Crippen molar-refractivity contribution in [3.05, 3.63) is 23.8 Å². The van der Waals surface area contributed by atoms with E-state index < -0.39 is 10.0 Å². The predicted octanol–water partition coefficient (Wildman–Crippen LogP) is 1.27. The van der Waals surface area contributed by atoms with Crippen LogP contribution in [0.15, 0.2) is 23.1 Å². The van der Waals surface area contributed by atoms with Gasteiger partial charge >= 0.3 is 0 Å². The van der Waals surface area contributed by atoms with E-state index >= 15 is 0 Å². The van der Waals surface area contributed by atoms with Crippen LogP contribution < -0.4 is 15.5 Å². The van der Waals surface area contributed by atoms with Crippen LogP contribution in [0.5, 0.6) is 0 Å². The highest BCUT2D eigenvalue weighted by molar-refractivity contribution is 7.89. The summed E-state index contributed by atoms with van der Waals surface area (Å²) in [5.41, 5.74) is 1.24. The van der Waals surface area contributed by atoms with Gasteiger partial charge in [0.1, 0.15) is 0 Å². The number of likely N-dealkylation sites (N-methyl/N-ethyl adjacent to an activating group) is 1. The third kappa shape index (κ3) is 4.55. The van der Waals surface area contributed by atoms with Crippen LogP contribution in [0.25, 0.3) is 0 Å². The van der Waals surface area contributed by atoms with Crippen LogP contribution in [0.1, 0.15) is 37.0 Å². The number of hydrogen-bond acceptors (Lipinski definition) is 5. The van der Waals surface area contributed by atoms with Gasteiger partial charge in [-0.05, 0) is 38.1 Å². The fraction of sp³-hybridized carbons (Fsp3) is 0.611. The number of anilines is 1. The van der Waals surface area contributed by atoms with Gasteiger partial charge in [0.25, 0.3) is 5.91 Å². The molecular weight excluding hydrogens is 352 g/mol. The van der Waals surface area contributed by atoms with Gasteiger partial charge in [-0.25, -0.2) is 8.42 Å². The fourth-order valence-electron chi connectivity index (χ4n) is 3.20. The standard InChI is InChI=1S/C18H30N4O3S/c1-4-22(5-2)26(24,25)15-8-9-17(21-12-6-7-13-21)16(14-15)18(23)20-11-10-19-3/h8-9,14,19H,4-7,10-13H2,1-3H3,(H,20,23). The Kier molecular flexibility index (Phi) is 7.43. The third-order valence-electron chi connectivity index (χ3n) is 4.66. The molecule has 0 aromatic heterocycles. The molecule has 1 aliphatic heterocycles. The molecule has 146 valence electrons. The summed E-state index contributed by atoms with van der Waals surface area (Å²) in [5, 5.41) is 5.85. The molecule has 7 nitrogen and oxygen atoms in total. The molecule has 0 bridgehead atoms. The number of sulfonamides is 1. The molecule has 0 saturated carbocycles. The Morgan fingerprint density at radius 2 is 1.81 bits per heavy atom. The molecule has 0 radical (unpaired) electrons. The molecular formula is C18H30N4O3S. The smallest absolute Gasteiger partial charge is 0.253 e. The highest BCUT2D eigenvalue weighted by atomic mass is 32.2. The summed E-state index contributed by atoms with van der Waals surface area (Å²) >= 11 is 0. The SMILES string of the molecule is CCN(CC)S(=O)(=O)c1ccc(N2CCCC2)c(C(=O)NCCNC)c1. The summed E-state index contributed by atoms with van der Waals surface area (Å²) in [7, 11) is -1.78. The molecule has 2 rings (SSSR count). The van der Waals surface area contributed by atoms with E-state index in [0.717, 1.165) is 31.6 Å². The van der Waals surface area contributed by atoms with Crippen molar-refractivity contribution in [1.29, 1.82) is 0 Å². The van der Waals surface area contributed by atoms with E-state index in [4.69, 9.17) is 0 Å². The molecule has 1 fully saturated rings. The van der Waals surface area contributed by atoms with Crippen molar-refractivity contribution in [2.75, 3.05) is 51.2 Å². The van der Waals surface area contributed by atoms with Gasteiger partial charge in [0, 0.05) is 45.0 Å². The molecule has 1 aromatic rings. The van der Waals surface area contributed by atoms with E-state index in [1.807, 2.05) is 20.9 Å². The highest BCUT2D eigenvalue weighted by Gasteiger charge is 2.26. The summed E-state index contributed by atoms with van der Waals surface area (Å²) in [6.07, 6.45) is 2.17. The lowest BCUT2D eigenvalue weighted by Gasteiger charge is -2.23. The van der Waals surface area contributed by atoms with E-state index in [1.54, 1.807) is 12.1 Å². The van der Waals surface area contributed by atoms with E-state index in [2.05, 4.69) is 15.5 Å². The van der Waals surface area contributed by atoms with Crippen molar-refractivity contribution < 1.29 is 13.2 Å². The number of nitrogens with one attached hydrogen (secondary N) is 2. The lowest BCUT2D eigenvalue weighted by Crippen LogP contribution is -2.33. The second-order valence-electron chi connectivity index (χ2n) is 6.32. The minimum Gasteiger partial charge on any atom is -0.371 e. The van der Waals surface area contributed by atoms with Gasteiger partial charge in [0.15, 0.2) is 0 Å². The monoisotopic (exact) mass is 382 g/mol. The second-order valence-corrected chi connectivity index (χ2v) is 8.26. The first-order valence-corrected chi connectivity index (χ1v) is 10.7. The zero-order valence-corrected chi connectivity index (χ0v) is 16.7. The average Bonchev–Trinajstić information content (AvgIpc) is 3.16. The number of nitrogens with zero attached hydrogens (tertiary/aromatic N) is 2. The predicted molar refractivity (Wildman–Crippen MR) is 104 cm³/mol. The summed E-state index contributed by atoms with van der Waals surface area (Å²) in [4.78, 5) is 15.0. The Balaban J connectivity index is 2.41. The number of carbonyl (C=O) groups excluding carboxylic acids is 1. The van der Waals surface area contributed by atoms with Crippen LogP contribution in [0, 0.1) is 0 Å². The second kappa shape index (κ2) is 9.34. The molecule has 1 aliphatic rings. The molecule has 1 saturated heterocycles. The van der Waals surface area contributed by atoms with Crippen LogP contribution >= 0.6 is 0 Å². The van der Waals surface area contributed by atoms with Crippen molar-refractivity contribution >= 4 is 21.6 Å². The fourth-order valence-corrected chi connectivity index (χ4v) is 4.68. The Morgan fingerprint density at radius 1 is 1.15 bits per heavy atom. The quantitative estimate of drug-likeness (QED) is 0.629. The summed E-state index contributed by atoms with van der Waals surface area (Å²) in [5.74, 6) is -0.237. The van der Waals surface area contributed by atoms with Gasteiger partial charge in [-0.15, -0.1) is 0 Å². The molecule has 0 atom stereocenters. The first-order chi connectivity index (χ1) is 12.5. The zero-order chi connectivity index (χ0) is 19.2. The Hall–Kier alpha value is -1.64. The summed E-state index contributed by atoms with van der Waals surface area (Å²) < 4.78 is 27.1. The first kappa shape index (κ1) is 20.7.